The fourth-order valence-electron chi connectivity index (χ4n) is 1.20. The first-order valence-electron chi connectivity index (χ1n) is 4.22. The Hall–Kier alpha value is -1.04. The quantitative estimate of drug-likeness (QED) is 0.812. The summed E-state index contributed by atoms with van der Waals surface area (Å²) in [6, 6.07) is 0. The molecule has 0 saturated carbocycles. The molecule has 0 fully saturated rings. The van der Waals surface area contributed by atoms with Crippen LogP contribution in [0, 0.1) is 6.92 Å². The third-order valence-electron chi connectivity index (χ3n) is 2.00. The molecule has 1 aromatic heterocycles. The number of nitrogens with zero attached hydrogens (tertiary/aromatic N) is 2. The van der Waals surface area contributed by atoms with E-state index in [1.165, 1.54) is 13.1 Å². The van der Waals surface area contributed by atoms with E-state index in [4.69, 9.17) is 0 Å². The Morgan fingerprint density at radius 1 is 1.50 bits per heavy atom. The lowest BCUT2D eigenvalue weighted by Gasteiger charge is -2.08. The molecule has 0 bridgehead atoms. The van der Waals surface area contributed by atoms with Crippen LogP contribution in [0.5, 0.6) is 0 Å². The van der Waals surface area contributed by atoms with Crippen LogP contribution in [-0.4, -0.2) is 23.4 Å². The molecule has 3 nitrogen and oxygen atoms in total. The highest BCUT2D eigenvalue weighted by Gasteiger charge is 2.33. The summed E-state index contributed by atoms with van der Waals surface area (Å²) in [7, 11) is 1.75. The minimum Gasteiger partial charge on any atom is -0.319 e. The summed E-state index contributed by atoms with van der Waals surface area (Å²) in [6.45, 7) is 2.07. The number of hydrogen-bond donors (Lipinski definition) is 1. The number of rotatable bonds is 3. The lowest BCUT2D eigenvalue weighted by Crippen LogP contribution is -2.20. The maximum absolute atomic E-state index is 12.3. The van der Waals surface area contributed by atoms with E-state index in [1.54, 1.807) is 7.05 Å². The van der Waals surface area contributed by atoms with Gasteiger partial charge in [-0.1, -0.05) is 0 Å². The summed E-state index contributed by atoms with van der Waals surface area (Å²) in [5.74, 6) is 0. The largest absolute Gasteiger partial charge is 0.504 e. The SMILES string of the molecule is CNCCc1cnn(C(F)(F)F)c1C. The van der Waals surface area contributed by atoms with Gasteiger partial charge >= 0.3 is 6.30 Å². The van der Waals surface area contributed by atoms with Gasteiger partial charge in [0.15, 0.2) is 0 Å². The second kappa shape index (κ2) is 4.00. The Bertz CT molecular complexity index is 303. The molecule has 0 saturated heterocycles. The molecule has 1 heterocycles. The molecule has 6 heteroatoms. The van der Waals surface area contributed by atoms with Crippen LogP contribution in [0.3, 0.4) is 0 Å². The molecule has 0 atom stereocenters. The van der Waals surface area contributed by atoms with E-state index in [-0.39, 0.29) is 10.4 Å². The van der Waals surface area contributed by atoms with Gasteiger partial charge in [-0.2, -0.15) is 9.78 Å². The van der Waals surface area contributed by atoms with Gasteiger partial charge in [-0.3, -0.25) is 0 Å². The number of aromatic nitrogens is 2. The van der Waals surface area contributed by atoms with Crippen LogP contribution in [-0.2, 0) is 12.7 Å². The highest BCUT2D eigenvalue weighted by Crippen LogP contribution is 2.24. The normalized spacial score (nSPS) is 12.1. The van der Waals surface area contributed by atoms with Crippen molar-refractivity contribution in [1.29, 1.82) is 0 Å². The maximum atomic E-state index is 12.3. The fraction of sp³-hybridized carbons (Fsp3) is 0.625. The minimum atomic E-state index is -4.41. The molecular weight excluding hydrogens is 195 g/mol. The van der Waals surface area contributed by atoms with Crippen molar-refractivity contribution in [3.05, 3.63) is 17.5 Å². The van der Waals surface area contributed by atoms with Crippen molar-refractivity contribution in [1.82, 2.24) is 15.1 Å². The van der Waals surface area contributed by atoms with E-state index in [9.17, 15) is 13.2 Å². The number of alkyl halides is 3. The second-order valence-electron chi connectivity index (χ2n) is 2.99. The fourth-order valence-corrected chi connectivity index (χ4v) is 1.20. The van der Waals surface area contributed by atoms with Crippen LogP contribution >= 0.6 is 0 Å². The van der Waals surface area contributed by atoms with Crippen LogP contribution in [0.4, 0.5) is 13.2 Å². The molecule has 0 aliphatic rings. The molecule has 0 aromatic carbocycles. The van der Waals surface area contributed by atoms with Crippen molar-refractivity contribution in [2.75, 3.05) is 13.6 Å². The van der Waals surface area contributed by atoms with E-state index >= 15 is 0 Å². The van der Waals surface area contributed by atoms with Gasteiger partial charge in [-0.25, -0.2) is 0 Å². The Kier molecular flexibility index (Phi) is 3.15. The zero-order valence-corrected chi connectivity index (χ0v) is 8.02. The van der Waals surface area contributed by atoms with E-state index in [0.29, 0.717) is 18.5 Å². The van der Waals surface area contributed by atoms with Gasteiger partial charge in [0.05, 0.1) is 6.20 Å². The first kappa shape index (κ1) is 11.0. The Morgan fingerprint density at radius 2 is 2.14 bits per heavy atom. The Labute approximate surface area is 79.9 Å². The van der Waals surface area contributed by atoms with Crippen LogP contribution in [0.15, 0.2) is 6.20 Å². The average molecular weight is 207 g/mol. The molecule has 0 aliphatic heterocycles. The third kappa shape index (κ3) is 2.25. The predicted octanol–water partition coefficient (Wildman–Crippen LogP) is 1.43. The lowest BCUT2D eigenvalue weighted by molar-refractivity contribution is -0.213. The summed E-state index contributed by atoms with van der Waals surface area (Å²) in [4.78, 5) is 0. The van der Waals surface area contributed by atoms with Gasteiger partial charge in [-0.05, 0) is 32.5 Å². The zero-order valence-electron chi connectivity index (χ0n) is 8.02. The molecule has 0 spiro atoms. The first-order valence-corrected chi connectivity index (χ1v) is 4.22. The molecule has 0 amide bonds. The van der Waals surface area contributed by atoms with Gasteiger partial charge < -0.3 is 5.32 Å². The molecule has 14 heavy (non-hydrogen) atoms. The van der Waals surface area contributed by atoms with Crippen molar-refractivity contribution in [3.8, 4) is 0 Å². The molecule has 0 radical (unpaired) electrons. The van der Waals surface area contributed by atoms with Gasteiger partial charge in [-0.15, -0.1) is 13.2 Å². The number of likely N-dealkylation sites (N-methyl/N-ethyl adjacent to an activating group) is 1. The number of hydrogen-bond acceptors (Lipinski definition) is 2. The number of halogens is 3. The molecule has 1 aromatic rings. The Balaban J connectivity index is 2.86. The molecule has 1 N–H and O–H groups in total. The summed E-state index contributed by atoms with van der Waals surface area (Å²) >= 11 is 0. The average Bonchev–Trinajstić information content (AvgIpc) is 2.42. The molecule has 80 valence electrons. The van der Waals surface area contributed by atoms with Crippen molar-refractivity contribution in [3.63, 3.8) is 0 Å². The van der Waals surface area contributed by atoms with Crippen LogP contribution < -0.4 is 5.32 Å². The molecule has 1 rings (SSSR count). The highest BCUT2D eigenvalue weighted by atomic mass is 19.4. The van der Waals surface area contributed by atoms with Gasteiger partial charge in [0.25, 0.3) is 0 Å². The van der Waals surface area contributed by atoms with E-state index < -0.39 is 6.30 Å². The van der Waals surface area contributed by atoms with E-state index in [1.807, 2.05) is 0 Å². The van der Waals surface area contributed by atoms with Gasteiger partial charge in [0.1, 0.15) is 0 Å². The second-order valence-corrected chi connectivity index (χ2v) is 2.99. The zero-order chi connectivity index (χ0) is 10.8. The van der Waals surface area contributed by atoms with Gasteiger partial charge in [0, 0.05) is 5.69 Å². The van der Waals surface area contributed by atoms with Crippen molar-refractivity contribution in [2.45, 2.75) is 19.6 Å². The first-order chi connectivity index (χ1) is 6.46. The molecule has 0 unspecified atom stereocenters. The topological polar surface area (TPSA) is 29.9 Å². The van der Waals surface area contributed by atoms with Crippen molar-refractivity contribution < 1.29 is 13.2 Å². The van der Waals surface area contributed by atoms with Crippen molar-refractivity contribution in [2.24, 2.45) is 0 Å². The number of nitrogens with one attached hydrogen (secondary N) is 1. The van der Waals surface area contributed by atoms with Crippen molar-refractivity contribution >= 4 is 0 Å². The van der Waals surface area contributed by atoms with Gasteiger partial charge in [0.2, 0.25) is 0 Å². The monoisotopic (exact) mass is 207 g/mol. The standard InChI is InChI=1S/C8H12F3N3/c1-6-7(3-4-12-2)5-13-14(6)8(9,10)11/h5,12H,3-4H2,1-2H3. The minimum absolute atomic E-state index is 0.0952. The summed E-state index contributed by atoms with van der Waals surface area (Å²) in [6.07, 6.45) is -2.60. The predicted molar refractivity (Wildman–Crippen MR) is 45.9 cm³/mol. The lowest BCUT2D eigenvalue weighted by atomic mass is 10.2. The van der Waals surface area contributed by atoms with E-state index in [2.05, 4.69) is 10.4 Å². The van der Waals surface area contributed by atoms with Crippen LogP contribution in [0.1, 0.15) is 11.3 Å². The highest BCUT2D eigenvalue weighted by molar-refractivity contribution is 5.16. The third-order valence-corrected chi connectivity index (χ3v) is 2.00. The summed E-state index contributed by atoms with van der Waals surface area (Å²) in [5, 5.41) is 6.18. The maximum Gasteiger partial charge on any atom is 0.504 e. The van der Waals surface area contributed by atoms with Crippen LogP contribution in [0.2, 0.25) is 0 Å². The van der Waals surface area contributed by atoms with E-state index in [0.717, 1.165) is 0 Å². The summed E-state index contributed by atoms with van der Waals surface area (Å²) < 4.78 is 36.9. The smallest absolute Gasteiger partial charge is 0.319 e. The molecule has 0 aliphatic carbocycles. The Morgan fingerprint density at radius 3 is 2.57 bits per heavy atom. The van der Waals surface area contributed by atoms with Crippen LogP contribution in [0.25, 0.3) is 0 Å². The molecular formula is C8H12F3N3. The summed E-state index contributed by atoms with van der Waals surface area (Å²) in [5.41, 5.74) is 0.782.